The second kappa shape index (κ2) is 5.28. The number of rotatable bonds is 2. The van der Waals surface area contributed by atoms with Gasteiger partial charge < -0.3 is 0 Å². The summed E-state index contributed by atoms with van der Waals surface area (Å²) in [6.07, 6.45) is 0. The van der Waals surface area contributed by atoms with E-state index in [1.54, 1.807) is 18.2 Å². The molecule has 3 aromatic rings. The molecule has 0 radical (unpaired) electrons. The number of aromatic nitrogens is 2. The highest BCUT2D eigenvalue weighted by molar-refractivity contribution is 6.17. The lowest BCUT2D eigenvalue weighted by Crippen LogP contribution is -1.99. The summed E-state index contributed by atoms with van der Waals surface area (Å²) < 4.78 is 1.88. The van der Waals surface area contributed by atoms with Gasteiger partial charge >= 0.3 is 0 Å². The Hall–Kier alpha value is -2.82. The molecule has 2 aromatic carbocycles. The maximum atomic E-state index is 9.19. The van der Waals surface area contributed by atoms with Gasteiger partial charge in [-0.05, 0) is 30.3 Å². The molecular weight excluding hydrogens is 284 g/mol. The summed E-state index contributed by atoms with van der Waals surface area (Å²) in [4.78, 5) is 4.46. The van der Waals surface area contributed by atoms with Crippen LogP contribution in [0.15, 0.2) is 42.5 Å². The first-order valence-electron chi connectivity index (χ1n) is 6.25. The molecule has 0 fully saturated rings. The number of alkyl halides is 1. The van der Waals surface area contributed by atoms with E-state index in [1.165, 1.54) is 0 Å². The molecular formula is C16H9ClN4. The summed E-state index contributed by atoms with van der Waals surface area (Å²) in [5.41, 5.74) is 3.31. The van der Waals surface area contributed by atoms with Gasteiger partial charge in [0.15, 0.2) is 0 Å². The van der Waals surface area contributed by atoms with Gasteiger partial charge in [-0.15, -0.1) is 11.6 Å². The molecule has 1 aromatic heterocycles. The molecule has 0 saturated heterocycles. The standard InChI is InChI=1S/C16H9ClN4/c17-8-15-20-16-12(10-19)4-2-6-14(16)21(15)13-5-1-3-11(7-13)9-18/h1-7H,8H2. The molecule has 100 valence electrons. The predicted molar refractivity (Wildman–Crippen MR) is 80.1 cm³/mol. The second-order valence-corrected chi connectivity index (χ2v) is 4.71. The van der Waals surface area contributed by atoms with Crippen molar-refractivity contribution < 1.29 is 0 Å². The van der Waals surface area contributed by atoms with E-state index in [2.05, 4.69) is 17.1 Å². The van der Waals surface area contributed by atoms with E-state index in [0.717, 1.165) is 11.2 Å². The van der Waals surface area contributed by atoms with Crippen molar-refractivity contribution in [1.82, 2.24) is 9.55 Å². The first-order valence-corrected chi connectivity index (χ1v) is 6.79. The fourth-order valence-corrected chi connectivity index (χ4v) is 2.51. The van der Waals surface area contributed by atoms with Gasteiger partial charge in [0.1, 0.15) is 17.4 Å². The lowest BCUT2D eigenvalue weighted by atomic mass is 10.2. The Balaban J connectivity index is 2.36. The van der Waals surface area contributed by atoms with Crippen molar-refractivity contribution in [3.05, 3.63) is 59.4 Å². The third kappa shape index (κ3) is 2.12. The Bertz CT molecular complexity index is 912. The Morgan fingerprint density at radius 1 is 1.10 bits per heavy atom. The molecule has 0 aliphatic rings. The van der Waals surface area contributed by atoms with Crippen LogP contribution < -0.4 is 0 Å². The van der Waals surface area contributed by atoms with Crippen molar-refractivity contribution in [3.63, 3.8) is 0 Å². The lowest BCUT2D eigenvalue weighted by molar-refractivity contribution is 0.981. The highest BCUT2D eigenvalue weighted by atomic mass is 35.5. The van der Waals surface area contributed by atoms with Crippen LogP contribution in [-0.4, -0.2) is 9.55 Å². The van der Waals surface area contributed by atoms with E-state index in [-0.39, 0.29) is 5.88 Å². The maximum Gasteiger partial charge on any atom is 0.129 e. The van der Waals surface area contributed by atoms with Crippen molar-refractivity contribution in [1.29, 1.82) is 10.5 Å². The van der Waals surface area contributed by atoms with Gasteiger partial charge in [0.05, 0.1) is 28.6 Å². The molecule has 4 nitrogen and oxygen atoms in total. The minimum Gasteiger partial charge on any atom is -0.295 e. The van der Waals surface area contributed by atoms with Crippen LogP contribution in [-0.2, 0) is 5.88 Å². The Morgan fingerprint density at radius 2 is 1.90 bits per heavy atom. The van der Waals surface area contributed by atoms with Crippen LogP contribution in [0.1, 0.15) is 17.0 Å². The molecule has 1 heterocycles. The number of halogens is 1. The van der Waals surface area contributed by atoms with E-state index < -0.39 is 0 Å². The summed E-state index contributed by atoms with van der Waals surface area (Å²) in [6, 6.07) is 16.9. The molecule has 0 aliphatic heterocycles. The highest BCUT2D eigenvalue weighted by Gasteiger charge is 2.14. The minimum atomic E-state index is 0.219. The van der Waals surface area contributed by atoms with Crippen LogP contribution in [0, 0.1) is 22.7 Å². The van der Waals surface area contributed by atoms with Gasteiger partial charge in [-0.3, -0.25) is 4.57 Å². The minimum absolute atomic E-state index is 0.219. The van der Waals surface area contributed by atoms with E-state index in [4.69, 9.17) is 16.9 Å². The molecule has 0 bridgehead atoms. The monoisotopic (exact) mass is 292 g/mol. The Labute approximate surface area is 126 Å². The van der Waals surface area contributed by atoms with Gasteiger partial charge in [0.2, 0.25) is 0 Å². The molecule has 0 spiro atoms. The van der Waals surface area contributed by atoms with Crippen molar-refractivity contribution in [3.8, 4) is 17.8 Å². The van der Waals surface area contributed by atoms with Crippen LogP contribution in [0.5, 0.6) is 0 Å². The van der Waals surface area contributed by atoms with Crippen molar-refractivity contribution >= 4 is 22.6 Å². The average Bonchev–Trinajstić information content (AvgIpc) is 2.93. The Morgan fingerprint density at radius 3 is 2.62 bits per heavy atom. The molecule has 0 amide bonds. The normalized spacial score (nSPS) is 10.2. The highest BCUT2D eigenvalue weighted by Crippen LogP contribution is 2.25. The number of imidazole rings is 1. The Kier molecular flexibility index (Phi) is 3.31. The number of benzene rings is 2. The predicted octanol–water partition coefficient (Wildman–Crippen LogP) is 3.51. The molecule has 0 aliphatic carbocycles. The smallest absolute Gasteiger partial charge is 0.129 e. The number of nitrogens with zero attached hydrogens (tertiary/aromatic N) is 4. The molecule has 21 heavy (non-hydrogen) atoms. The largest absolute Gasteiger partial charge is 0.295 e. The van der Waals surface area contributed by atoms with Crippen LogP contribution >= 0.6 is 11.6 Å². The van der Waals surface area contributed by atoms with Crippen molar-refractivity contribution in [2.45, 2.75) is 5.88 Å². The van der Waals surface area contributed by atoms with Crippen molar-refractivity contribution in [2.75, 3.05) is 0 Å². The molecule has 0 atom stereocenters. The summed E-state index contributed by atoms with van der Waals surface area (Å²) in [5, 5.41) is 18.2. The fourth-order valence-electron chi connectivity index (χ4n) is 2.33. The SMILES string of the molecule is N#Cc1cccc(-n2c(CCl)nc3c(C#N)cccc32)c1. The number of para-hydroxylation sites is 1. The van der Waals surface area contributed by atoms with Gasteiger partial charge in [-0.2, -0.15) is 10.5 Å². The molecule has 5 heteroatoms. The van der Waals surface area contributed by atoms with Crippen molar-refractivity contribution in [2.24, 2.45) is 0 Å². The summed E-state index contributed by atoms with van der Waals surface area (Å²) in [5.74, 6) is 0.862. The van der Waals surface area contributed by atoms with Gasteiger partial charge in [0.25, 0.3) is 0 Å². The third-order valence-electron chi connectivity index (χ3n) is 3.23. The van der Waals surface area contributed by atoms with E-state index in [0.29, 0.717) is 22.5 Å². The van der Waals surface area contributed by atoms with Gasteiger partial charge in [-0.25, -0.2) is 4.98 Å². The number of hydrogen-bond donors (Lipinski definition) is 0. The van der Waals surface area contributed by atoms with Gasteiger partial charge in [-0.1, -0.05) is 12.1 Å². The molecule has 0 N–H and O–H groups in total. The van der Waals surface area contributed by atoms with Crippen LogP contribution in [0.2, 0.25) is 0 Å². The summed E-state index contributed by atoms with van der Waals surface area (Å²) in [6.45, 7) is 0. The zero-order chi connectivity index (χ0) is 14.8. The quantitative estimate of drug-likeness (QED) is 0.679. The molecule has 0 saturated carbocycles. The molecule has 3 rings (SSSR count). The number of hydrogen-bond acceptors (Lipinski definition) is 3. The van der Waals surface area contributed by atoms with Gasteiger partial charge in [0, 0.05) is 5.69 Å². The zero-order valence-electron chi connectivity index (χ0n) is 10.9. The summed E-state index contributed by atoms with van der Waals surface area (Å²) >= 11 is 5.99. The molecule has 0 unspecified atom stereocenters. The zero-order valence-corrected chi connectivity index (χ0v) is 11.7. The third-order valence-corrected chi connectivity index (χ3v) is 3.47. The van der Waals surface area contributed by atoms with E-state index in [9.17, 15) is 5.26 Å². The summed E-state index contributed by atoms with van der Waals surface area (Å²) in [7, 11) is 0. The number of nitriles is 2. The van der Waals surface area contributed by atoms with Crippen LogP contribution in [0.25, 0.3) is 16.7 Å². The maximum absolute atomic E-state index is 9.19. The fraction of sp³-hybridized carbons (Fsp3) is 0.0625. The second-order valence-electron chi connectivity index (χ2n) is 4.44. The first-order chi connectivity index (χ1) is 10.3. The number of fused-ring (bicyclic) bond motifs is 1. The van der Waals surface area contributed by atoms with E-state index >= 15 is 0 Å². The average molecular weight is 293 g/mol. The van der Waals surface area contributed by atoms with Crippen LogP contribution in [0.4, 0.5) is 0 Å². The topological polar surface area (TPSA) is 65.4 Å². The lowest BCUT2D eigenvalue weighted by Gasteiger charge is -2.08. The first kappa shape index (κ1) is 13.2. The van der Waals surface area contributed by atoms with Crippen LogP contribution in [0.3, 0.4) is 0 Å². The van der Waals surface area contributed by atoms with E-state index in [1.807, 2.05) is 28.8 Å².